The van der Waals surface area contributed by atoms with Gasteiger partial charge in [0, 0.05) is 17.3 Å². The largest absolute Gasteiger partial charge is 0.384 e. The molecule has 2 nitrogen and oxygen atoms in total. The summed E-state index contributed by atoms with van der Waals surface area (Å²) in [5.41, 5.74) is 1.52. The maximum atomic E-state index is 4.30. The molecule has 2 fully saturated rings. The van der Waals surface area contributed by atoms with Gasteiger partial charge >= 0.3 is 0 Å². The molecule has 2 saturated carbocycles. The van der Waals surface area contributed by atoms with Crippen LogP contribution in [0.1, 0.15) is 65.2 Å². The fourth-order valence-corrected chi connectivity index (χ4v) is 4.10. The summed E-state index contributed by atoms with van der Waals surface area (Å²) >= 11 is 0. The van der Waals surface area contributed by atoms with E-state index in [9.17, 15) is 0 Å². The lowest BCUT2D eigenvalue weighted by atomic mass is 9.80. The van der Waals surface area contributed by atoms with Crippen LogP contribution in [0.3, 0.4) is 0 Å². The highest BCUT2D eigenvalue weighted by molar-refractivity contribution is 5.06. The highest BCUT2D eigenvalue weighted by Gasteiger charge is 2.37. The molecular weight excluding hydrogens is 232 g/mol. The number of likely N-dealkylation sites (N-methyl/N-ethyl adjacent to an activating group) is 1. The van der Waals surface area contributed by atoms with Crippen molar-refractivity contribution in [3.05, 3.63) is 12.3 Å². The lowest BCUT2D eigenvalue weighted by Crippen LogP contribution is -2.52. The van der Waals surface area contributed by atoms with Gasteiger partial charge in [0.15, 0.2) is 0 Å². The lowest BCUT2D eigenvalue weighted by molar-refractivity contribution is 0.269. The van der Waals surface area contributed by atoms with E-state index in [1.807, 2.05) is 0 Å². The first-order chi connectivity index (χ1) is 9.03. The average molecular weight is 264 g/mol. The van der Waals surface area contributed by atoms with Crippen molar-refractivity contribution in [2.24, 2.45) is 11.8 Å². The number of hydrogen-bond donors (Lipinski definition) is 2. The highest BCUT2D eigenvalue weighted by atomic mass is 15.1. The van der Waals surface area contributed by atoms with Gasteiger partial charge in [-0.25, -0.2) is 0 Å². The van der Waals surface area contributed by atoms with Crippen LogP contribution in [-0.4, -0.2) is 18.6 Å². The quantitative estimate of drug-likeness (QED) is 0.788. The van der Waals surface area contributed by atoms with Crippen LogP contribution in [0.25, 0.3) is 0 Å². The molecule has 0 aliphatic heterocycles. The van der Waals surface area contributed by atoms with Crippen molar-refractivity contribution in [1.82, 2.24) is 10.6 Å². The van der Waals surface area contributed by atoms with Gasteiger partial charge < -0.3 is 10.6 Å². The Morgan fingerprint density at radius 2 is 2.05 bits per heavy atom. The molecule has 2 N–H and O–H groups in total. The zero-order chi connectivity index (χ0) is 13.9. The molecule has 19 heavy (non-hydrogen) atoms. The molecule has 2 heteroatoms. The third kappa shape index (κ3) is 3.75. The zero-order valence-corrected chi connectivity index (χ0v) is 13.1. The van der Waals surface area contributed by atoms with E-state index in [4.69, 9.17) is 0 Å². The van der Waals surface area contributed by atoms with E-state index in [1.165, 1.54) is 57.1 Å². The molecule has 2 aliphatic rings. The Kier molecular flexibility index (Phi) is 4.94. The summed E-state index contributed by atoms with van der Waals surface area (Å²) in [5.74, 6) is 1.78. The Morgan fingerprint density at radius 3 is 2.74 bits per heavy atom. The van der Waals surface area contributed by atoms with Gasteiger partial charge in [-0.2, -0.15) is 0 Å². The standard InChI is InChI=1S/C17H32N2/c1-13-7-5-8-15(11-13)12-14(2)19-16-9-6-10-17(16,3)18-4/h13,15-16,18-19H,2,5-12H2,1,3-4H3. The Labute approximate surface area is 119 Å². The summed E-state index contributed by atoms with van der Waals surface area (Å²) < 4.78 is 0. The minimum absolute atomic E-state index is 0.253. The fourth-order valence-electron chi connectivity index (χ4n) is 4.10. The molecule has 0 bridgehead atoms. The summed E-state index contributed by atoms with van der Waals surface area (Å²) in [7, 11) is 2.09. The Bertz CT molecular complexity index is 312. The molecule has 4 atom stereocenters. The van der Waals surface area contributed by atoms with Gasteiger partial charge in [-0.05, 0) is 57.9 Å². The summed E-state index contributed by atoms with van der Waals surface area (Å²) in [6, 6.07) is 0.561. The monoisotopic (exact) mass is 264 g/mol. The molecule has 2 aliphatic carbocycles. The first-order valence-electron chi connectivity index (χ1n) is 8.16. The van der Waals surface area contributed by atoms with Crippen molar-refractivity contribution in [2.75, 3.05) is 7.05 Å². The van der Waals surface area contributed by atoms with Gasteiger partial charge in [0.2, 0.25) is 0 Å². The van der Waals surface area contributed by atoms with E-state index in [-0.39, 0.29) is 5.54 Å². The van der Waals surface area contributed by atoms with Crippen LogP contribution in [0, 0.1) is 11.8 Å². The molecule has 0 aromatic rings. The Hall–Kier alpha value is -0.500. The number of hydrogen-bond acceptors (Lipinski definition) is 2. The molecule has 0 aromatic carbocycles. The van der Waals surface area contributed by atoms with Crippen molar-refractivity contribution >= 4 is 0 Å². The molecule has 0 spiro atoms. The molecule has 4 unspecified atom stereocenters. The number of rotatable bonds is 5. The van der Waals surface area contributed by atoms with Crippen LogP contribution in [-0.2, 0) is 0 Å². The van der Waals surface area contributed by atoms with E-state index < -0.39 is 0 Å². The van der Waals surface area contributed by atoms with Crippen LogP contribution in [0.5, 0.6) is 0 Å². The molecule has 0 heterocycles. The summed E-state index contributed by atoms with van der Waals surface area (Å²) in [5, 5.41) is 7.23. The summed E-state index contributed by atoms with van der Waals surface area (Å²) in [6.07, 6.45) is 10.7. The molecular formula is C17H32N2. The Morgan fingerprint density at radius 1 is 1.26 bits per heavy atom. The van der Waals surface area contributed by atoms with E-state index in [0.29, 0.717) is 6.04 Å². The minimum Gasteiger partial charge on any atom is -0.384 e. The summed E-state index contributed by atoms with van der Waals surface area (Å²) in [4.78, 5) is 0. The molecule has 0 amide bonds. The zero-order valence-electron chi connectivity index (χ0n) is 13.1. The van der Waals surface area contributed by atoms with Gasteiger partial charge in [-0.3, -0.25) is 0 Å². The van der Waals surface area contributed by atoms with Crippen LogP contribution in [0.2, 0.25) is 0 Å². The molecule has 0 saturated heterocycles. The van der Waals surface area contributed by atoms with E-state index in [0.717, 1.165) is 11.8 Å². The average Bonchev–Trinajstić information content (AvgIpc) is 2.71. The van der Waals surface area contributed by atoms with Crippen molar-refractivity contribution in [2.45, 2.75) is 76.8 Å². The van der Waals surface area contributed by atoms with E-state index in [1.54, 1.807) is 0 Å². The van der Waals surface area contributed by atoms with E-state index >= 15 is 0 Å². The van der Waals surface area contributed by atoms with Gasteiger partial charge in [0.1, 0.15) is 0 Å². The second kappa shape index (κ2) is 6.30. The highest BCUT2D eigenvalue weighted by Crippen LogP contribution is 2.34. The minimum atomic E-state index is 0.253. The topological polar surface area (TPSA) is 24.1 Å². The van der Waals surface area contributed by atoms with Crippen LogP contribution in [0.4, 0.5) is 0 Å². The van der Waals surface area contributed by atoms with Crippen LogP contribution in [0.15, 0.2) is 12.3 Å². The maximum absolute atomic E-state index is 4.30. The number of nitrogens with one attached hydrogen (secondary N) is 2. The van der Waals surface area contributed by atoms with Crippen LogP contribution >= 0.6 is 0 Å². The normalized spacial score (nSPS) is 39.2. The Balaban J connectivity index is 1.81. The van der Waals surface area contributed by atoms with Crippen molar-refractivity contribution in [1.29, 1.82) is 0 Å². The molecule has 110 valence electrons. The van der Waals surface area contributed by atoms with Gasteiger partial charge in [-0.1, -0.05) is 32.8 Å². The van der Waals surface area contributed by atoms with Gasteiger partial charge in [-0.15, -0.1) is 0 Å². The second-order valence-electron chi connectivity index (χ2n) is 7.20. The second-order valence-corrected chi connectivity index (χ2v) is 7.20. The lowest BCUT2D eigenvalue weighted by Gasteiger charge is -2.34. The van der Waals surface area contributed by atoms with Crippen molar-refractivity contribution < 1.29 is 0 Å². The number of allylic oxidation sites excluding steroid dienone is 1. The predicted octanol–water partition coefficient (Wildman–Crippen LogP) is 3.84. The molecule has 2 rings (SSSR count). The van der Waals surface area contributed by atoms with Crippen molar-refractivity contribution in [3.63, 3.8) is 0 Å². The van der Waals surface area contributed by atoms with Gasteiger partial charge in [0.05, 0.1) is 0 Å². The van der Waals surface area contributed by atoms with E-state index in [2.05, 4.69) is 38.1 Å². The van der Waals surface area contributed by atoms with Crippen molar-refractivity contribution in [3.8, 4) is 0 Å². The molecule has 0 aromatic heterocycles. The third-order valence-corrected chi connectivity index (χ3v) is 5.49. The predicted molar refractivity (Wildman–Crippen MR) is 83.1 cm³/mol. The fraction of sp³-hybridized carbons (Fsp3) is 0.882. The smallest absolute Gasteiger partial charge is 0.0437 e. The summed E-state index contributed by atoms with van der Waals surface area (Å²) in [6.45, 7) is 9.04. The van der Waals surface area contributed by atoms with Gasteiger partial charge in [0.25, 0.3) is 0 Å². The first kappa shape index (κ1) is 14.9. The SMILES string of the molecule is C=C(CC1CCCC(C)C1)NC1CCCC1(C)NC. The maximum Gasteiger partial charge on any atom is 0.0437 e. The van der Waals surface area contributed by atoms with Crippen LogP contribution < -0.4 is 10.6 Å². The molecule has 0 radical (unpaired) electrons. The third-order valence-electron chi connectivity index (χ3n) is 5.49. The first-order valence-corrected chi connectivity index (χ1v) is 8.16.